The Balaban J connectivity index is 1.60. The fourth-order valence-corrected chi connectivity index (χ4v) is 2.89. The van der Waals surface area contributed by atoms with Gasteiger partial charge in [0.15, 0.2) is 0 Å². The maximum atomic E-state index is 12.1. The zero-order valence-electron chi connectivity index (χ0n) is 13.9. The molecule has 0 aliphatic rings. The number of aryl methyl sites for hydroxylation is 1. The van der Waals surface area contributed by atoms with Gasteiger partial charge in [0, 0.05) is 11.3 Å². The fourth-order valence-electron chi connectivity index (χ4n) is 2.15. The Kier molecular flexibility index (Phi) is 5.25. The third kappa shape index (κ3) is 4.54. The fraction of sp³-hybridized carbons (Fsp3) is 0.167. The lowest BCUT2D eigenvalue weighted by Gasteiger charge is -2.06. The van der Waals surface area contributed by atoms with Gasteiger partial charge in [0.1, 0.15) is 10.8 Å². The monoisotopic (exact) mass is 354 g/mol. The average Bonchev–Trinajstić information content (AvgIpc) is 3.06. The number of anilines is 2. The topological polar surface area (TPSA) is 76.1 Å². The van der Waals surface area contributed by atoms with Crippen molar-refractivity contribution in [1.82, 2.24) is 10.2 Å². The van der Waals surface area contributed by atoms with Gasteiger partial charge in [-0.05, 0) is 38.1 Å². The summed E-state index contributed by atoms with van der Waals surface area (Å²) in [6, 6.07) is 14.8. The molecule has 0 atom stereocenters. The Bertz CT molecular complexity index is 844. The second kappa shape index (κ2) is 7.76. The van der Waals surface area contributed by atoms with E-state index in [1.807, 2.05) is 38.1 Å². The van der Waals surface area contributed by atoms with Gasteiger partial charge in [-0.25, -0.2) is 4.79 Å². The van der Waals surface area contributed by atoms with Crippen molar-refractivity contribution in [2.24, 2.45) is 0 Å². The first kappa shape index (κ1) is 16.9. The molecule has 2 amide bonds. The highest BCUT2D eigenvalue weighted by molar-refractivity contribution is 7.18. The molecule has 7 heteroatoms. The molecule has 0 aliphatic carbocycles. The average molecular weight is 354 g/mol. The first-order chi connectivity index (χ1) is 12.1. The SMILES string of the molecule is CCOc1ccc(NC(=O)Nc2nnc(-c3ccc(C)cc3)s2)cc1. The number of rotatable bonds is 5. The number of nitrogens with one attached hydrogen (secondary N) is 2. The van der Waals surface area contributed by atoms with Gasteiger partial charge in [-0.1, -0.05) is 41.2 Å². The molecule has 0 radical (unpaired) electrons. The van der Waals surface area contributed by atoms with E-state index >= 15 is 0 Å². The van der Waals surface area contributed by atoms with Crippen LogP contribution in [0.1, 0.15) is 12.5 Å². The zero-order chi connectivity index (χ0) is 17.6. The highest BCUT2D eigenvalue weighted by Crippen LogP contribution is 2.26. The van der Waals surface area contributed by atoms with E-state index in [9.17, 15) is 4.79 Å². The highest BCUT2D eigenvalue weighted by atomic mass is 32.1. The maximum absolute atomic E-state index is 12.1. The molecule has 0 saturated heterocycles. The molecule has 0 saturated carbocycles. The lowest BCUT2D eigenvalue weighted by Crippen LogP contribution is -2.19. The largest absolute Gasteiger partial charge is 0.494 e. The van der Waals surface area contributed by atoms with E-state index in [1.165, 1.54) is 16.9 Å². The molecule has 25 heavy (non-hydrogen) atoms. The van der Waals surface area contributed by atoms with Crippen LogP contribution in [-0.4, -0.2) is 22.8 Å². The minimum Gasteiger partial charge on any atom is -0.494 e. The van der Waals surface area contributed by atoms with Gasteiger partial charge in [-0.15, -0.1) is 10.2 Å². The molecule has 0 unspecified atom stereocenters. The van der Waals surface area contributed by atoms with Crippen molar-refractivity contribution in [3.63, 3.8) is 0 Å². The third-order valence-electron chi connectivity index (χ3n) is 3.37. The van der Waals surface area contributed by atoms with Crippen molar-refractivity contribution < 1.29 is 9.53 Å². The van der Waals surface area contributed by atoms with Crippen LogP contribution in [0.4, 0.5) is 15.6 Å². The summed E-state index contributed by atoms with van der Waals surface area (Å²) >= 11 is 1.33. The van der Waals surface area contributed by atoms with Gasteiger partial charge in [0.2, 0.25) is 5.13 Å². The van der Waals surface area contributed by atoms with Crippen molar-refractivity contribution in [2.75, 3.05) is 17.2 Å². The summed E-state index contributed by atoms with van der Waals surface area (Å²) in [5.74, 6) is 0.764. The normalized spacial score (nSPS) is 10.3. The molecule has 1 aromatic heterocycles. The Hall–Kier alpha value is -2.93. The molecule has 128 valence electrons. The summed E-state index contributed by atoms with van der Waals surface area (Å²) in [5, 5.41) is 14.8. The van der Waals surface area contributed by atoms with Crippen LogP contribution >= 0.6 is 11.3 Å². The highest BCUT2D eigenvalue weighted by Gasteiger charge is 2.10. The van der Waals surface area contributed by atoms with Crippen LogP contribution in [0, 0.1) is 6.92 Å². The Morgan fingerprint density at radius 3 is 2.44 bits per heavy atom. The number of aromatic nitrogens is 2. The molecular formula is C18H18N4O2S. The molecular weight excluding hydrogens is 336 g/mol. The van der Waals surface area contributed by atoms with Gasteiger partial charge >= 0.3 is 6.03 Å². The molecule has 6 nitrogen and oxygen atoms in total. The molecule has 2 aromatic carbocycles. The van der Waals surface area contributed by atoms with E-state index < -0.39 is 0 Å². The van der Waals surface area contributed by atoms with Gasteiger partial charge in [0.25, 0.3) is 0 Å². The number of amides is 2. The van der Waals surface area contributed by atoms with E-state index in [4.69, 9.17) is 4.74 Å². The molecule has 0 spiro atoms. The number of nitrogens with zero attached hydrogens (tertiary/aromatic N) is 2. The standard InChI is InChI=1S/C18H18N4O2S/c1-3-24-15-10-8-14(9-11-15)19-17(23)20-18-22-21-16(25-18)13-6-4-12(2)5-7-13/h4-11H,3H2,1-2H3,(H2,19,20,22,23). The summed E-state index contributed by atoms with van der Waals surface area (Å²) < 4.78 is 5.37. The molecule has 0 aliphatic heterocycles. The third-order valence-corrected chi connectivity index (χ3v) is 4.25. The van der Waals surface area contributed by atoms with E-state index in [-0.39, 0.29) is 6.03 Å². The molecule has 0 fully saturated rings. The zero-order valence-corrected chi connectivity index (χ0v) is 14.8. The molecule has 3 aromatic rings. The molecule has 2 N–H and O–H groups in total. The van der Waals surface area contributed by atoms with Gasteiger partial charge < -0.3 is 10.1 Å². The number of carbonyl (C=O) groups is 1. The number of hydrogen-bond acceptors (Lipinski definition) is 5. The smallest absolute Gasteiger partial charge is 0.325 e. The van der Waals surface area contributed by atoms with Gasteiger partial charge in [0.05, 0.1) is 6.61 Å². The van der Waals surface area contributed by atoms with Gasteiger partial charge in [-0.3, -0.25) is 5.32 Å². The van der Waals surface area contributed by atoms with E-state index in [0.717, 1.165) is 16.3 Å². The maximum Gasteiger partial charge on any atom is 0.325 e. The summed E-state index contributed by atoms with van der Waals surface area (Å²) in [5.41, 5.74) is 2.83. The number of urea groups is 1. The number of benzene rings is 2. The van der Waals surface area contributed by atoms with Crippen molar-refractivity contribution >= 4 is 28.2 Å². The second-order valence-corrected chi connectivity index (χ2v) is 6.29. The lowest BCUT2D eigenvalue weighted by atomic mass is 10.2. The molecule has 3 rings (SSSR count). The second-order valence-electron chi connectivity index (χ2n) is 5.31. The van der Waals surface area contributed by atoms with Crippen LogP contribution in [0.5, 0.6) is 5.75 Å². The van der Waals surface area contributed by atoms with Crippen LogP contribution in [0.15, 0.2) is 48.5 Å². The Morgan fingerprint density at radius 2 is 1.76 bits per heavy atom. The predicted octanol–water partition coefficient (Wildman–Crippen LogP) is 4.56. The quantitative estimate of drug-likeness (QED) is 0.704. The van der Waals surface area contributed by atoms with Crippen LogP contribution < -0.4 is 15.4 Å². The number of hydrogen-bond donors (Lipinski definition) is 2. The summed E-state index contributed by atoms with van der Waals surface area (Å²) in [4.78, 5) is 12.1. The number of carbonyl (C=O) groups excluding carboxylic acids is 1. The van der Waals surface area contributed by atoms with Gasteiger partial charge in [-0.2, -0.15) is 0 Å². The summed E-state index contributed by atoms with van der Waals surface area (Å²) in [7, 11) is 0. The van der Waals surface area contributed by atoms with Crippen molar-refractivity contribution in [1.29, 1.82) is 0 Å². The van der Waals surface area contributed by atoms with E-state index in [2.05, 4.69) is 20.8 Å². The van der Waals surface area contributed by atoms with Crippen LogP contribution in [0.25, 0.3) is 10.6 Å². The van der Waals surface area contributed by atoms with Crippen LogP contribution in [0.2, 0.25) is 0 Å². The lowest BCUT2D eigenvalue weighted by molar-refractivity contribution is 0.262. The van der Waals surface area contributed by atoms with Crippen molar-refractivity contribution in [3.05, 3.63) is 54.1 Å². The predicted molar refractivity (Wildman–Crippen MR) is 100 cm³/mol. The first-order valence-corrected chi connectivity index (χ1v) is 8.67. The first-order valence-electron chi connectivity index (χ1n) is 7.85. The molecule has 1 heterocycles. The van der Waals surface area contributed by atoms with Crippen molar-refractivity contribution in [2.45, 2.75) is 13.8 Å². The minimum atomic E-state index is -0.365. The van der Waals surface area contributed by atoms with E-state index in [1.54, 1.807) is 24.3 Å². The summed E-state index contributed by atoms with van der Waals surface area (Å²) in [6.45, 7) is 4.56. The van der Waals surface area contributed by atoms with Crippen LogP contribution in [-0.2, 0) is 0 Å². The Morgan fingerprint density at radius 1 is 1.04 bits per heavy atom. The summed E-state index contributed by atoms with van der Waals surface area (Å²) in [6.07, 6.45) is 0. The Labute approximate surface area is 149 Å². The molecule has 0 bridgehead atoms. The number of ether oxygens (including phenoxy) is 1. The van der Waals surface area contributed by atoms with E-state index in [0.29, 0.717) is 17.4 Å². The van der Waals surface area contributed by atoms with Crippen LogP contribution in [0.3, 0.4) is 0 Å². The van der Waals surface area contributed by atoms with Crippen molar-refractivity contribution in [3.8, 4) is 16.3 Å². The minimum absolute atomic E-state index is 0.365.